The Morgan fingerprint density at radius 2 is 2.09 bits per heavy atom. The second-order valence-electron chi connectivity index (χ2n) is 8.44. The van der Waals surface area contributed by atoms with Crippen molar-refractivity contribution in [3.8, 4) is 29.1 Å². The topological polar surface area (TPSA) is 105 Å². The number of nitriles is 1. The molecule has 9 nitrogen and oxygen atoms in total. The summed E-state index contributed by atoms with van der Waals surface area (Å²) in [5.41, 5.74) is 2.26. The number of hydrogen-bond donors (Lipinski definition) is 2. The minimum absolute atomic E-state index is 0.120. The first-order valence-corrected chi connectivity index (χ1v) is 11.4. The third-order valence-electron chi connectivity index (χ3n) is 6.66. The number of likely N-dealkylation sites (tertiary alicyclic amines) is 1. The molecule has 2 atom stereocenters. The molecular weight excluding hydrogens is 478 g/mol. The number of nitrogens with one attached hydrogen (secondary N) is 1. The number of nitrogens with zero attached hydrogens (tertiary/aromatic N) is 4. The highest BCUT2D eigenvalue weighted by Gasteiger charge is 2.48. The Morgan fingerprint density at radius 1 is 1.29 bits per heavy atom. The molecule has 1 fully saturated rings. The molecule has 0 amide bonds. The van der Waals surface area contributed by atoms with E-state index >= 15 is 0 Å². The molecule has 1 aromatic heterocycles. The van der Waals surface area contributed by atoms with Gasteiger partial charge >= 0.3 is 5.69 Å². The molecule has 0 saturated carbocycles. The molecule has 2 N–H and O–H groups in total. The molecule has 11 heteroatoms. The Hall–Kier alpha value is -3.68. The van der Waals surface area contributed by atoms with E-state index in [0.717, 1.165) is 5.69 Å². The number of fused-ring (bicyclic) bond motifs is 6. The van der Waals surface area contributed by atoms with Gasteiger partial charge in [-0.15, -0.1) is 0 Å². The Kier molecular flexibility index (Phi) is 4.56. The number of halogens is 1. The van der Waals surface area contributed by atoms with E-state index in [0.29, 0.717) is 52.1 Å². The van der Waals surface area contributed by atoms with Crippen molar-refractivity contribution in [3.63, 3.8) is 0 Å². The number of aromatic hydroxyl groups is 1. The molecule has 1 unspecified atom stereocenters. The molecule has 34 heavy (non-hydrogen) atoms. The second kappa shape index (κ2) is 7.41. The van der Waals surface area contributed by atoms with Gasteiger partial charge < -0.3 is 24.8 Å². The third-order valence-corrected chi connectivity index (χ3v) is 7.49. The molecule has 0 aliphatic carbocycles. The molecule has 2 bridgehead atoms. The van der Waals surface area contributed by atoms with Crippen LogP contribution in [0, 0.1) is 18.3 Å². The van der Waals surface area contributed by atoms with Crippen molar-refractivity contribution in [3.05, 3.63) is 62.7 Å². The van der Waals surface area contributed by atoms with E-state index in [2.05, 4.69) is 5.32 Å². The van der Waals surface area contributed by atoms with E-state index in [-0.39, 0.29) is 35.5 Å². The third kappa shape index (κ3) is 2.84. The van der Waals surface area contributed by atoms with Crippen molar-refractivity contribution in [1.29, 1.82) is 5.26 Å². The largest absolute Gasteiger partial charge is 0.493 e. The first-order valence-electron chi connectivity index (χ1n) is 10.6. The van der Waals surface area contributed by atoms with Crippen molar-refractivity contribution in [2.24, 2.45) is 0 Å². The molecule has 3 aliphatic heterocycles. The van der Waals surface area contributed by atoms with Crippen LogP contribution in [0.25, 0.3) is 5.69 Å². The van der Waals surface area contributed by atoms with Gasteiger partial charge in [0.2, 0.25) is 12.7 Å². The smallest absolute Gasteiger partial charge is 0.336 e. The fourth-order valence-corrected chi connectivity index (χ4v) is 5.58. The maximum Gasteiger partial charge on any atom is 0.336 e. The van der Waals surface area contributed by atoms with Crippen molar-refractivity contribution < 1.29 is 14.6 Å². The summed E-state index contributed by atoms with van der Waals surface area (Å²) in [6.45, 7) is 2.46. The lowest BCUT2D eigenvalue weighted by Gasteiger charge is -2.30. The van der Waals surface area contributed by atoms with Gasteiger partial charge in [-0.3, -0.25) is 4.57 Å². The van der Waals surface area contributed by atoms with Crippen molar-refractivity contribution in [2.75, 3.05) is 18.7 Å². The molecule has 1 saturated heterocycles. The number of hydrogen-bond acceptors (Lipinski definition) is 6. The Labute approximate surface area is 204 Å². The molecule has 172 valence electrons. The minimum Gasteiger partial charge on any atom is -0.493 e. The van der Waals surface area contributed by atoms with Crippen LogP contribution in [0.5, 0.6) is 17.4 Å². The van der Waals surface area contributed by atoms with Gasteiger partial charge in [0.25, 0.3) is 0 Å². The maximum atomic E-state index is 13.3. The van der Waals surface area contributed by atoms with Crippen LogP contribution in [0.4, 0.5) is 5.69 Å². The summed E-state index contributed by atoms with van der Waals surface area (Å²) in [6.07, 6.45) is 0.676. The highest BCUT2D eigenvalue weighted by molar-refractivity contribution is 7.80. The molecule has 0 radical (unpaired) electrons. The van der Waals surface area contributed by atoms with Crippen LogP contribution in [-0.4, -0.2) is 37.6 Å². The van der Waals surface area contributed by atoms with Gasteiger partial charge in [-0.1, -0.05) is 11.6 Å². The Balaban J connectivity index is 1.33. The van der Waals surface area contributed by atoms with Crippen LogP contribution in [-0.2, 0) is 0 Å². The fraction of sp³-hybridized carbons (Fsp3) is 0.261. The van der Waals surface area contributed by atoms with Gasteiger partial charge in [-0.2, -0.15) is 5.26 Å². The lowest BCUT2D eigenvalue weighted by atomic mass is 10.1. The zero-order chi connectivity index (χ0) is 23.7. The van der Waals surface area contributed by atoms with Crippen molar-refractivity contribution >= 4 is 34.6 Å². The standard InChI is InChI=1S/C23H18ClN5O4S/c1-11-15(4-2-12(8-25)19(11)24)29-21(30)20-16-7-14(28(20)23(29)31)9-27(16)22(34)26-13-3-5-17-18(6-13)33-10-32-17/h2-6,14,16,30H,7,9-10H2,1H3,(H,26,34)/t14-,16?/m1/s1. The minimum atomic E-state index is -0.335. The number of ether oxygens (including phenoxy) is 2. The normalized spacial score (nSPS) is 19.3. The van der Waals surface area contributed by atoms with E-state index in [9.17, 15) is 15.2 Å². The monoisotopic (exact) mass is 495 g/mol. The van der Waals surface area contributed by atoms with Crippen LogP contribution in [0.3, 0.4) is 0 Å². The van der Waals surface area contributed by atoms with Gasteiger partial charge in [-0.05, 0) is 55.4 Å². The molecule has 3 aliphatic rings. The average molecular weight is 496 g/mol. The zero-order valence-corrected chi connectivity index (χ0v) is 19.5. The zero-order valence-electron chi connectivity index (χ0n) is 17.9. The Bertz CT molecular complexity index is 1490. The molecule has 3 aromatic rings. The SMILES string of the molecule is Cc1c(-n2c(O)c3n(c2=O)[C@@H]2CC3N(C(=S)Nc3ccc4c(c3)OCO4)C2)ccc(C#N)c1Cl. The van der Waals surface area contributed by atoms with Crippen LogP contribution < -0.4 is 20.5 Å². The predicted molar refractivity (Wildman–Crippen MR) is 128 cm³/mol. The summed E-state index contributed by atoms with van der Waals surface area (Å²) in [7, 11) is 0. The van der Waals surface area contributed by atoms with Crippen molar-refractivity contribution in [2.45, 2.75) is 25.4 Å². The molecule has 6 rings (SSSR count). The first kappa shape index (κ1) is 20.9. The fourth-order valence-electron chi connectivity index (χ4n) is 5.06. The van der Waals surface area contributed by atoms with Gasteiger partial charge in [0.15, 0.2) is 16.6 Å². The van der Waals surface area contributed by atoms with Gasteiger partial charge in [0, 0.05) is 18.3 Å². The number of anilines is 1. The highest BCUT2D eigenvalue weighted by Crippen LogP contribution is 2.49. The highest BCUT2D eigenvalue weighted by atomic mass is 35.5. The molecule has 2 aromatic carbocycles. The summed E-state index contributed by atoms with van der Waals surface area (Å²) in [5, 5.41) is 24.4. The number of aromatic nitrogens is 2. The molecular formula is C23H18ClN5O4S. The van der Waals surface area contributed by atoms with Crippen LogP contribution in [0.1, 0.15) is 35.3 Å². The van der Waals surface area contributed by atoms with E-state index in [4.69, 9.17) is 33.3 Å². The van der Waals surface area contributed by atoms with Crippen LogP contribution in [0.2, 0.25) is 5.02 Å². The number of thiocarbonyl (C=S) groups is 1. The van der Waals surface area contributed by atoms with Crippen LogP contribution >= 0.6 is 23.8 Å². The predicted octanol–water partition coefficient (Wildman–Crippen LogP) is 3.61. The number of rotatable bonds is 2. The molecule has 0 spiro atoms. The Morgan fingerprint density at radius 3 is 2.88 bits per heavy atom. The molecule has 4 heterocycles. The summed E-state index contributed by atoms with van der Waals surface area (Å²) >= 11 is 12.0. The van der Waals surface area contributed by atoms with Gasteiger partial charge in [0.05, 0.1) is 28.4 Å². The summed E-state index contributed by atoms with van der Waals surface area (Å²) in [5.74, 6) is 1.19. The summed E-state index contributed by atoms with van der Waals surface area (Å²) < 4.78 is 13.7. The van der Waals surface area contributed by atoms with E-state index in [1.54, 1.807) is 23.6 Å². The van der Waals surface area contributed by atoms with Crippen LogP contribution in [0.15, 0.2) is 35.1 Å². The van der Waals surface area contributed by atoms with E-state index in [1.165, 1.54) is 4.57 Å². The first-order chi connectivity index (χ1) is 16.4. The van der Waals surface area contributed by atoms with Crippen molar-refractivity contribution in [1.82, 2.24) is 14.0 Å². The van der Waals surface area contributed by atoms with E-state index in [1.807, 2.05) is 29.2 Å². The van der Waals surface area contributed by atoms with Gasteiger partial charge in [0.1, 0.15) is 11.8 Å². The second-order valence-corrected chi connectivity index (χ2v) is 9.20. The average Bonchev–Trinajstić information content (AvgIpc) is 3.59. The van der Waals surface area contributed by atoms with E-state index < -0.39 is 0 Å². The lowest BCUT2D eigenvalue weighted by Crippen LogP contribution is -2.39. The quantitative estimate of drug-likeness (QED) is 0.520. The number of imidazole rings is 1. The maximum absolute atomic E-state index is 13.3. The summed E-state index contributed by atoms with van der Waals surface area (Å²) in [6, 6.07) is 10.3. The van der Waals surface area contributed by atoms with Gasteiger partial charge in [-0.25, -0.2) is 9.36 Å². The number of benzene rings is 2. The summed E-state index contributed by atoms with van der Waals surface area (Å²) in [4.78, 5) is 15.3. The lowest BCUT2D eigenvalue weighted by molar-refractivity contribution is 0.174.